The summed E-state index contributed by atoms with van der Waals surface area (Å²) in [5, 5.41) is 5.40. The fourth-order valence-corrected chi connectivity index (χ4v) is 2.62. The lowest BCUT2D eigenvalue weighted by Gasteiger charge is -2.23. The summed E-state index contributed by atoms with van der Waals surface area (Å²) in [5.74, 6) is -0.723. The standard InChI is InChI=1S/C16H21N3O3/c1-4-16(5-2)14(21)19(15(22)18-16)10-13(20)17-12-8-6-7-11(3)9-12/h6-9H,4-5,10H2,1-3H3,(H,17,20)(H,18,22). The second-order valence-electron chi connectivity index (χ2n) is 5.53. The zero-order valence-electron chi connectivity index (χ0n) is 13.1. The topological polar surface area (TPSA) is 78.5 Å². The Labute approximate surface area is 129 Å². The van der Waals surface area contributed by atoms with Crippen LogP contribution in [-0.2, 0) is 9.59 Å². The molecule has 2 N–H and O–H groups in total. The van der Waals surface area contributed by atoms with E-state index in [9.17, 15) is 14.4 Å². The molecule has 0 spiro atoms. The molecule has 0 saturated carbocycles. The van der Waals surface area contributed by atoms with Crippen LogP contribution in [0.3, 0.4) is 0 Å². The van der Waals surface area contributed by atoms with Crippen LogP contribution in [0.4, 0.5) is 10.5 Å². The van der Waals surface area contributed by atoms with Crippen molar-refractivity contribution in [1.82, 2.24) is 10.2 Å². The van der Waals surface area contributed by atoms with Gasteiger partial charge in [0, 0.05) is 5.69 Å². The maximum Gasteiger partial charge on any atom is 0.325 e. The summed E-state index contributed by atoms with van der Waals surface area (Å²) in [5.41, 5.74) is 0.791. The number of hydrogen-bond donors (Lipinski definition) is 2. The number of imide groups is 1. The van der Waals surface area contributed by atoms with Crippen LogP contribution in [0.5, 0.6) is 0 Å². The van der Waals surface area contributed by atoms with E-state index in [-0.39, 0.29) is 12.5 Å². The average Bonchev–Trinajstić information content (AvgIpc) is 2.72. The second-order valence-corrected chi connectivity index (χ2v) is 5.53. The summed E-state index contributed by atoms with van der Waals surface area (Å²) >= 11 is 0. The Balaban J connectivity index is 2.06. The number of carbonyl (C=O) groups is 3. The first kappa shape index (κ1) is 16.0. The quantitative estimate of drug-likeness (QED) is 0.817. The first-order chi connectivity index (χ1) is 10.4. The third-order valence-corrected chi connectivity index (χ3v) is 4.06. The third kappa shape index (κ3) is 2.95. The Hall–Kier alpha value is -2.37. The van der Waals surface area contributed by atoms with E-state index in [0.29, 0.717) is 18.5 Å². The zero-order chi connectivity index (χ0) is 16.3. The molecule has 0 unspecified atom stereocenters. The molecule has 1 aliphatic heterocycles. The largest absolute Gasteiger partial charge is 0.325 e. The van der Waals surface area contributed by atoms with Crippen LogP contribution in [0, 0.1) is 6.92 Å². The number of aryl methyl sites for hydroxylation is 1. The van der Waals surface area contributed by atoms with Crippen LogP contribution in [0.15, 0.2) is 24.3 Å². The van der Waals surface area contributed by atoms with Gasteiger partial charge in [-0.1, -0.05) is 26.0 Å². The van der Waals surface area contributed by atoms with E-state index in [1.807, 2.05) is 39.0 Å². The summed E-state index contributed by atoms with van der Waals surface area (Å²) in [4.78, 5) is 37.4. The molecule has 0 atom stereocenters. The van der Waals surface area contributed by atoms with Crippen molar-refractivity contribution in [2.45, 2.75) is 39.2 Å². The molecule has 1 heterocycles. The molecule has 1 aromatic rings. The maximum absolute atomic E-state index is 12.4. The summed E-state index contributed by atoms with van der Waals surface area (Å²) in [6.07, 6.45) is 1.01. The monoisotopic (exact) mass is 303 g/mol. The van der Waals surface area contributed by atoms with Gasteiger partial charge in [-0.25, -0.2) is 4.79 Å². The Bertz CT molecular complexity index is 608. The van der Waals surface area contributed by atoms with Crippen molar-refractivity contribution in [3.8, 4) is 0 Å². The van der Waals surface area contributed by atoms with Crippen molar-refractivity contribution in [2.75, 3.05) is 11.9 Å². The maximum atomic E-state index is 12.4. The highest BCUT2D eigenvalue weighted by molar-refractivity contribution is 6.10. The van der Waals surface area contributed by atoms with E-state index in [1.165, 1.54) is 0 Å². The lowest BCUT2D eigenvalue weighted by atomic mass is 9.93. The number of nitrogens with one attached hydrogen (secondary N) is 2. The van der Waals surface area contributed by atoms with Gasteiger partial charge < -0.3 is 10.6 Å². The lowest BCUT2D eigenvalue weighted by molar-refractivity contribution is -0.134. The van der Waals surface area contributed by atoms with Gasteiger partial charge in [-0.05, 0) is 37.5 Å². The minimum Gasteiger partial charge on any atom is -0.325 e. The fourth-order valence-electron chi connectivity index (χ4n) is 2.62. The minimum absolute atomic E-state index is 0.277. The summed E-state index contributed by atoms with van der Waals surface area (Å²) in [6, 6.07) is 6.83. The SMILES string of the molecule is CCC1(CC)NC(=O)N(CC(=O)Nc2cccc(C)c2)C1=O. The molecule has 0 bridgehead atoms. The van der Waals surface area contributed by atoms with Crippen molar-refractivity contribution in [3.63, 3.8) is 0 Å². The van der Waals surface area contributed by atoms with Gasteiger partial charge in [0.1, 0.15) is 12.1 Å². The number of anilines is 1. The fraction of sp³-hybridized carbons (Fsp3) is 0.438. The predicted molar refractivity (Wildman–Crippen MR) is 83.4 cm³/mol. The summed E-state index contributed by atoms with van der Waals surface area (Å²) in [7, 11) is 0. The van der Waals surface area contributed by atoms with E-state index < -0.39 is 17.5 Å². The van der Waals surface area contributed by atoms with E-state index in [4.69, 9.17) is 0 Å². The van der Waals surface area contributed by atoms with E-state index in [0.717, 1.165) is 10.5 Å². The molecule has 1 fully saturated rings. The van der Waals surface area contributed by atoms with Gasteiger partial charge in [0.2, 0.25) is 5.91 Å². The highest BCUT2D eigenvalue weighted by atomic mass is 16.2. The number of nitrogens with zero attached hydrogens (tertiary/aromatic N) is 1. The molecule has 2 rings (SSSR count). The van der Waals surface area contributed by atoms with E-state index >= 15 is 0 Å². The number of rotatable bonds is 5. The zero-order valence-corrected chi connectivity index (χ0v) is 13.1. The van der Waals surface area contributed by atoms with Gasteiger partial charge in [-0.15, -0.1) is 0 Å². The van der Waals surface area contributed by atoms with Gasteiger partial charge in [0.25, 0.3) is 5.91 Å². The third-order valence-electron chi connectivity index (χ3n) is 4.06. The Morgan fingerprint density at radius 2 is 1.95 bits per heavy atom. The van der Waals surface area contributed by atoms with Crippen LogP contribution < -0.4 is 10.6 Å². The molecule has 22 heavy (non-hydrogen) atoms. The number of benzene rings is 1. The second kappa shape index (κ2) is 6.17. The number of hydrogen-bond acceptors (Lipinski definition) is 3. The van der Waals surface area contributed by atoms with Crippen LogP contribution >= 0.6 is 0 Å². The minimum atomic E-state index is -0.874. The molecule has 1 saturated heterocycles. The lowest BCUT2D eigenvalue weighted by Crippen LogP contribution is -2.46. The van der Waals surface area contributed by atoms with Gasteiger partial charge in [-0.2, -0.15) is 0 Å². The van der Waals surface area contributed by atoms with Crippen LogP contribution in [0.1, 0.15) is 32.3 Å². The number of amides is 4. The highest BCUT2D eigenvalue weighted by Crippen LogP contribution is 2.24. The molecular formula is C16H21N3O3. The first-order valence-electron chi connectivity index (χ1n) is 7.42. The molecule has 0 radical (unpaired) electrons. The van der Waals surface area contributed by atoms with E-state index in [1.54, 1.807) is 6.07 Å². The van der Waals surface area contributed by atoms with E-state index in [2.05, 4.69) is 10.6 Å². The molecule has 6 heteroatoms. The van der Waals surface area contributed by atoms with Gasteiger partial charge in [-0.3, -0.25) is 14.5 Å². The van der Waals surface area contributed by atoms with Gasteiger partial charge in [0.15, 0.2) is 0 Å². The molecule has 1 aromatic carbocycles. The Morgan fingerprint density at radius 1 is 1.27 bits per heavy atom. The Morgan fingerprint density at radius 3 is 2.50 bits per heavy atom. The number of carbonyl (C=O) groups excluding carboxylic acids is 3. The van der Waals surface area contributed by atoms with Gasteiger partial charge in [0.05, 0.1) is 0 Å². The average molecular weight is 303 g/mol. The van der Waals surface area contributed by atoms with Crippen molar-refractivity contribution >= 4 is 23.5 Å². The number of urea groups is 1. The molecule has 4 amide bonds. The molecule has 0 aromatic heterocycles. The van der Waals surface area contributed by atoms with Gasteiger partial charge >= 0.3 is 6.03 Å². The highest BCUT2D eigenvalue weighted by Gasteiger charge is 2.49. The smallest absolute Gasteiger partial charge is 0.325 e. The van der Waals surface area contributed by atoms with Crippen LogP contribution in [0.2, 0.25) is 0 Å². The molecule has 1 aliphatic rings. The summed E-state index contributed by atoms with van der Waals surface area (Å²) in [6.45, 7) is 5.33. The van der Waals surface area contributed by atoms with Crippen molar-refractivity contribution < 1.29 is 14.4 Å². The molecular weight excluding hydrogens is 282 g/mol. The summed E-state index contributed by atoms with van der Waals surface area (Å²) < 4.78 is 0. The van der Waals surface area contributed by atoms with Crippen molar-refractivity contribution in [1.29, 1.82) is 0 Å². The predicted octanol–water partition coefficient (Wildman–Crippen LogP) is 2.04. The normalized spacial score (nSPS) is 16.6. The molecule has 6 nitrogen and oxygen atoms in total. The van der Waals surface area contributed by atoms with Crippen molar-refractivity contribution in [3.05, 3.63) is 29.8 Å². The molecule has 118 valence electrons. The van der Waals surface area contributed by atoms with Crippen LogP contribution in [0.25, 0.3) is 0 Å². The Kier molecular flexibility index (Phi) is 4.49. The van der Waals surface area contributed by atoms with Crippen molar-refractivity contribution in [2.24, 2.45) is 0 Å². The van der Waals surface area contributed by atoms with Crippen LogP contribution in [-0.4, -0.2) is 34.8 Å². The first-order valence-corrected chi connectivity index (χ1v) is 7.42. The molecule has 0 aliphatic carbocycles.